The van der Waals surface area contributed by atoms with Crippen molar-refractivity contribution in [2.75, 3.05) is 37.8 Å². The number of hydrogen-bond acceptors (Lipinski definition) is 12. The Bertz CT molecular complexity index is 1710. The summed E-state index contributed by atoms with van der Waals surface area (Å²) in [6, 6.07) is 7.36. The zero-order chi connectivity index (χ0) is 31.4. The summed E-state index contributed by atoms with van der Waals surface area (Å²) in [5.74, 6) is -0.399. The summed E-state index contributed by atoms with van der Waals surface area (Å²) < 4.78 is 12.0. The molecule has 2 aromatic heterocycles. The molecule has 0 bridgehead atoms. The third-order valence-electron chi connectivity index (χ3n) is 7.00. The van der Waals surface area contributed by atoms with Gasteiger partial charge in [0.1, 0.15) is 35.9 Å². The highest BCUT2D eigenvalue weighted by Crippen LogP contribution is 2.32. The summed E-state index contributed by atoms with van der Waals surface area (Å²) in [7, 11) is 1.26. The number of methoxy groups -OCH3 is 1. The Morgan fingerprint density at radius 3 is 2.70 bits per heavy atom. The lowest BCUT2D eigenvalue weighted by atomic mass is 10.0. The van der Waals surface area contributed by atoms with Crippen LogP contribution < -0.4 is 27.4 Å². The predicted octanol–water partition coefficient (Wildman–Crippen LogP) is -0.211. The number of fused-ring (bicyclic) bond motifs is 2. The first-order chi connectivity index (χ1) is 21.2. The number of nitrogen functional groups attached to an aromatic ring is 1. The molecule has 0 unspecified atom stereocenters. The lowest BCUT2D eigenvalue weighted by Gasteiger charge is -2.16. The Hall–Kier alpha value is -5.26. The van der Waals surface area contributed by atoms with Crippen molar-refractivity contribution >= 4 is 51.4 Å². The minimum Gasteiger partial charge on any atom is -0.507 e. The van der Waals surface area contributed by atoms with Crippen molar-refractivity contribution < 1.29 is 34.4 Å². The van der Waals surface area contributed by atoms with Crippen LogP contribution in [0.5, 0.6) is 5.75 Å². The number of amides is 2. The standard InChI is InChI=1S/C27H32N10O7/c1-43-25(41)14-7-13-3-4-15(9-16(13)17(38)8-14)36-27(42)31-6-2-5-30-26(29)32-10-18-20(39)21(40)24(44-18)37-12-35-19-22(28)33-11-34-23(19)37/h3-4,7-9,11-12,18,20-21,24,38-40H,2,5-6,10H2,1H3,(H2,28,33,34)(H3,29,30,32)(H2,31,36,42)/t18-,20-,21-,24-/m1/s1. The number of phenols is 1. The van der Waals surface area contributed by atoms with E-state index in [1.807, 2.05) is 0 Å². The second-order valence-electron chi connectivity index (χ2n) is 9.94. The third kappa shape index (κ3) is 6.38. The van der Waals surface area contributed by atoms with Gasteiger partial charge in [-0.1, -0.05) is 6.07 Å². The quantitative estimate of drug-likeness (QED) is 0.0530. The minimum absolute atomic E-state index is 0.0245. The van der Waals surface area contributed by atoms with Gasteiger partial charge < -0.3 is 52.2 Å². The molecule has 1 aliphatic heterocycles. The maximum atomic E-state index is 12.3. The van der Waals surface area contributed by atoms with Crippen molar-refractivity contribution in [3.05, 3.63) is 48.5 Å². The Morgan fingerprint density at radius 1 is 1.11 bits per heavy atom. The molecule has 4 aromatic rings. The van der Waals surface area contributed by atoms with Crippen LogP contribution in [0.2, 0.25) is 0 Å². The number of aliphatic imine (C=N–C) groups is 1. The van der Waals surface area contributed by atoms with E-state index in [1.54, 1.807) is 24.3 Å². The van der Waals surface area contributed by atoms with Gasteiger partial charge in [-0.25, -0.2) is 24.5 Å². The predicted molar refractivity (Wildman–Crippen MR) is 159 cm³/mol. The molecule has 4 atom stereocenters. The summed E-state index contributed by atoms with van der Waals surface area (Å²) >= 11 is 0. The number of carbonyl (C=O) groups excluding carboxylic acids is 2. The number of aliphatic hydroxyl groups is 2. The van der Waals surface area contributed by atoms with E-state index in [4.69, 9.17) is 16.2 Å². The Balaban J connectivity index is 1.05. The molecular formula is C27H32N10O7. The topological polar surface area (TPSA) is 257 Å². The van der Waals surface area contributed by atoms with E-state index >= 15 is 0 Å². The lowest BCUT2D eigenvalue weighted by molar-refractivity contribution is -0.0320. The van der Waals surface area contributed by atoms with Gasteiger partial charge in [-0.2, -0.15) is 0 Å². The zero-order valence-corrected chi connectivity index (χ0v) is 23.5. The normalized spacial score (nSPS) is 20.1. The third-order valence-corrected chi connectivity index (χ3v) is 7.00. The lowest BCUT2D eigenvalue weighted by Crippen LogP contribution is -2.37. The van der Waals surface area contributed by atoms with E-state index in [1.165, 1.54) is 30.4 Å². The summed E-state index contributed by atoms with van der Waals surface area (Å²) in [5, 5.41) is 40.8. The SMILES string of the molecule is COC(=O)c1cc(O)c2cc(NC(=O)NCCCNC(N)=NC[C@H]3O[C@@H](n4cnc5c(N)ncnc54)[C@H](O)[C@@H]3O)ccc2c1. The highest BCUT2D eigenvalue weighted by Gasteiger charge is 2.44. The molecule has 0 spiro atoms. The molecule has 3 heterocycles. The monoisotopic (exact) mass is 608 g/mol. The number of urea groups is 1. The average Bonchev–Trinajstić information content (AvgIpc) is 3.56. The van der Waals surface area contributed by atoms with Crippen molar-refractivity contribution in [1.82, 2.24) is 30.2 Å². The number of nitrogens with zero attached hydrogens (tertiary/aromatic N) is 5. The van der Waals surface area contributed by atoms with Crippen LogP contribution in [-0.4, -0.2) is 97.9 Å². The van der Waals surface area contributed by atoms with Crippen LogP contribution in [0.15, 0.2) is 48.0 Å². The number of hydrogen-bond donors (Lipinski definition) is 8. The van der Waals surface area contributed by atoms with Gasteiger partial charge in [0.25, 0.3) is 0 Å². The fourth-order valence-electron chi connectivity index (χ4n) is 4.74. The first-order valence-corrected chi connectivity index (χ1v) is 13.5. The number of guanidine groups is 1. The number of esters is 1. The minimum atomic E-state index is -1.27. The maximum Gasteiger partial charge on any atom is 0.338 e. The zero-order valence-electron chi connectivity index (χ0n) is 23.5. The van der Waals surface area contributed by atoms with Crippen LogP contribution >= 0.6 is 0 Å². The molecule has 5 rings (SSSR count). The van der Waals surface area contributed by atoms with E-state index in [9.17, 15) is 24.9 Å². The molecule has 232 valence electrons. The number of carbonyl (C=O) groups is 2. The number of rotatable bonds is 9. The van der Waals surface area contributed by atoms with Crippen LogP contribution in [-0.2, 0) is 9.47 Å². The number of nitrogens with one attached hydrogen (secondary N) is 3. The number of phenolic OH excluding ortho intramolecular Hbond substituents is 1. The second-order valence-corrected chi connectivity index (χ2v) is 9.94. The van der Waals surface area contributed by atoms with E-state index in [-0.39, 0.29) is 29.6 Å². The highest BCUT2D eigenvalue weighted by atomic mass is 16.6. The van der Waals surface area contributed by atoms with Gasteiger partial charge in [0.15, 0.2) is 23.7 Å². The number of aromatic nitrogens is 4. The summed E-state index contributed by atoms with van der Waals surface area (Å²) in [6.07, 6.45) is -1.12. The average molecular weight is 609 g/mol. The number of nitrogens with two attached hydrogens (primary N) is 2. The maximum absolute atomic E-state index is 12.3. The molecule has 2 aromatic carbocycles. The van der Waals surface area contributed by atoms with Crippen LogP contribution in [0, 0.1) is 0 Å². The molecule has 44 heavy (non-hydrogen) atoms. The van der Waals surface area contributed by atoms with Gasteiger partial charge in [0, 0.05) is 24.2 Å². The van der Waals surface area contributed by atoms with Crippen molar-refractivity contribution in [2.24, 2.45) is 10.7 Å². The Kier molecular flexibility index (Phi) is 8.88. The number of aliphatic hydroxyl groups excluding tert-OH is 2. The Morgan fingerprint density at radius 2 is 1.91 bits per heavy atom. The number of anilines is 2. The van der Waals surface area contributed by atoms with Gasteiger partial charge in [-0.3, -0.25) is 9.56 Å². The molecule has 17 heteroatoms. The number of aromatic hydroxyl groups is 1. The van der Waals surface area contributed by atoms with Crippen molar-refractivity contribution in [1.29, 1.82) is 0 Å². The van der Waals surface area contributed by atoms with Crippen LogP contribution in [0.25, 0.3) is 21.9 Å². The van der Waals surface area contributed by atoms with E-state index < -0.39 is 36.5 Å². The molecule has 17 nitrogen and oxygen atoms in total. The molecule has 10 N–H and O–H groups in total. The number of imidazole rings is 1. The summed E-state index contributed by atoms with van der Waals surface area (Å²) in [4.78, 5) is 40.5. The molecule has 1 fully saturated rings. The molecule has 1 saturated heterocycles. The van der Waals surface area contributed by atoms with E-state index in [0.29, 0.717) is 47.1 Å². The van der Waals surface area contributed by atoms with Gasteiger partial charge in [0.2, 0.25) is 0 Å². The van der Waals surface area contributed by atoms with Crippen LogP contribution in [0.3, 0.4) is 0 Å². The van der Waals surface area contributed by atoms with Crippen molar-refractivity contribution in [2.45, 2.75) is 31.0 Å². The highest BCUT2D eigenvalue weighted by molar-refractivity contribution is 6.00. The van der Waals surface area contributed by atoms with Crippen LogP contribution in [0.4, 0.5) is 16.3 Å². The number of ether oxygens (including phenoxy) is 2. The molecule has 0 aliphatic carbocycles. The second kappa shape index (κ2) is 12.9. The van der Waals surface area contributed by atoms with Crippen molar-refractivity contribution in [3.8, 4) is 5.75 Å². The van der Waals surface area contributed by atoms with Crippen LogP contribution in [0.1, 0.15) is 23.0 Å². The molecule has 2 amide bonds. The fourth-order valence-corrected chi connectivity index (χ4v) is 4.74. The largest absolute Gasteiger partial charge is 0.507 e. The summed E-state index contributed by atoms with van der Waals surface area (Å²) in [5.41, 5.74) is 13.1. The molecule has 0 radical (unpaired) electrons. The smallest absolute Gasteiger partial charge is 0.338 e. The van der Waals surface area contributed by atoms with E-state index in [2.05, 4.69) is 40.6 Å². The van der Waals surface area contributed by atoms with Gasteiger partial charge in [0.05, 0.1) is 25.5 Å². The first-order valence-electron chi connectivity index (χ1n) is 13.5. The molecule has 1 aliphatic rings. The molecular weight excluding hydrogens is 576 g/mol. The summed E-state index contributed by atoms with van der Waals surface area (Å²) in [6.45, 7) is 0.686. The fraction of sp³-hybridized carbons (Fsp3) is 0.333. The van der Waals surface area contributed by atoms with E-state index in [0.717, 1.165) is 0 Å². The van der Waals surface area contributed by atoms with Gasteiger partial charge in [-0.05, 0) is 36.1 Å². The van der Waals surface area contributed by atoms with Crippen molar-refractivity contribution in [3.63, 3.8) is 0 Å². The Labute approximate surface area is 249 Å². The van der Waals surface area contributed by atoms with Gasteiger partial charge >= 0.3 is 12.0 Å². The number of benzene rings is 2. The van der Waals surface area contributed by atoms with Gasteiger partial charge in [-0.15, -0.1) is 0 Å². The first kappa shape index (κ1) is 30.2. The molecule has 0 saturated carbocycles.